The summed E-state index contributed by atoms with van der Waals surface area (Å²) in [5, 5.41) is 3.26. The molecule has 0 spiro atoms. The van der Waals surface area contributed by atoms with Gasteiger partial charge in [0, 0.05) is 17.4 Å². The summed E-state index contributed by atoms with van der Waals surface area (Å²) in [6.07, 6.45) is 4.68. The second-order valence-corrected chi connectivity index (χ2v) is 7.75. The highest BCUT2D eigenvalue weighted by Crippen LogP contribution is 2.38. The number of carbonyl (C=O) groups excluding carboxylic acids is 3. The molecule has 1 aromatic carbocycles. The molecule has 142 valence electrons. The lowest BCUT2D eigenvalue weighted by atomic mass is 9.95. The quantitative estimate of drug-likeness (QED) is 0.598. The van der Waals surface area contributed by atoms with Crippen molar-refractivity contribution in [2.24, 2.45) is 0 Å². The van der Waals surface area contributed by atoms with Crippen LogP contribution in [0.4, 0.5) is 5.00 Å². The van der Waals surface area contributed by atoms with Gasteiger partial charge in [0.1, 0.15) is 5.00 Å². The van der Waals surface area contributed by atoms with Crippen LogP contribution in [0.15, 0.2) is 24.3 Å². The van der Waals surface area contributed by atoms with E-state index in [-0.39, 0.29) is 18.3 Å². The van der Waals surface area contributed by atoms with Gasteiger partial charge in [-0.1, -0.05) is 31.2 Å². The van der Waals surface area contributed by atoms with Crippen molar-refractivity contribution < 1.29 is 19.1 Å². The Labute approximate surface area is 162 Å². The van der Waals surface area contributed by atoms with Gasteiger partial charge in [0.05, 0.1) is 5.56 Å². The van der Waals surface area contributed by atoms with Crippen LogP contribution in [0, 0.1) is 0 Å². The van der Waals surface area contributed by atoms with E-state index in [1.165, 1.54) is 18.3 Å². The first-order valence-corrected chi connectivity index (χ1v) is 10.0. The van der Waals surface area contributed by atoms with Crippen LogP contribution in [-0.2, 0) is 28.8 Å². The van der Waals surface area contributed by atoms with Gasteiger partial charge in [-0.05, 0) is 43.2 Å². The van der Waals surface area contributed by atoms with Crippen molar-refractivity contribution in [2.45, 2.75) is 46.0 Å². The Hall–Kier alpha value is -2.47. The molecule has 3 rings (SSSR count). The van der Waals surface area contributed by atoms with Gasteiger partial charge in [0.2, 0.25) is 5.91 Å². The van der Waals surface area contributed by atoms with Crippen LogP contribution in [-0.4, -0.2) is 24.3 Å². The van der Waals surface area contributed by atoms with Gasteiger partial charge in [0.25, 0.3) is 0 Å². The van der Waals surface area contributed by atoms with Crippen molar-refractivity contribution in [3.8, 4) is 0 Å². The van der Waals surface area contributed by atoms with E-state index in [4.69, 9.17) is 4.74 Å². The Morgan fingerprint density at radius 2 is 1.81 bits per heavy atom. The monoisotopic (exact) mass is 385 g/mol. The minimum absolute atomic E-state index is 0.227. The van der Waals surface area contributed by atoms with Crippen molar-refractivity contribution in [1.82, 2.24) is 0 Å². The number of aryl methyl sites for hydroxylation is 2. The van der Waals surface area contributed by atoms with E-state index in [9.17, 15) is 14.4 Å². The number of ether oxygens (including phenoxy) is 1. The highest BCUT2D eigenvalue weighted by atomic mass is 32.1. The van der Waals surface area contributed by atoms with E-state index in [2.05, 4.69) is 5.32 Å². The molecule has 1 amide bonds. The zero-order chi connectivity index (χ0) is 19.4. The molecular formula is C21H23NO4S. The molecule has 1 aromatic heterocycles. The zero-order valence-corrected chi connectivity index (χ0v) is 16.4. The number of rotatable bonds is 6. The molecule has 1 aliphatic rings. The van der Waals surface area contributed by atoms with Crippen molar-refractivity contribution in [1.29, 1.82) is 0 Å². The summed E-state index contributed by atoms with van der Waals surface area (Å²) in [4.78, 5) is 37.6. The fraction of sp³-hybridized carbons (Fsp3) is 0.381. The number of hydrogen-bond acceptors (Lipinski definition) is 5. The first kappa shape index (κ1) is 19.3. The van der Waals surface area contributed by atoms with Crippen molar-refractivity contribution in [2.75, 3.05) is 11.9 Å². The maximum Gasteiger partial charge on any atom is 0.341 e. The van der Waals surface area contributed by atoms with Crippen LogP contribution in [0.3, 0.4) is 0 Å². The molecule has 0 saturated carbocycles. The predicted molar refractivity (Wildman–Crippen MR) is 106 cm³/mol. The molecule has 27 heavy (non-hydrogen) atoms. The molecule has 5 nitrogen and oxygen atoms in total. The van der Waals surface area contributed by atoms with Gasteiger partial charge in [-0.3, -0.25) is 9.59 Å². The lowest BCUT2D eigenvalue weighted by Crippen LogP contribution is -2.17. The van der Waals surface area contributed by atoms with Gasteiger partial charge in [-0.15, -0.1) is 11.3 Å². The normalized spacial score (nSPS) is 13.0. The summed E-state index contributed by atoms with van der Waals surface area (Å²) >= 11 is 1.44. The van der Waals surface area contributed by atoms with Crippen LogP contribution < -0.4 is 5.32 Å². The molecule has 0 saturated heterocycles. The van der Waals surface area contributed by atoms with E-state index < -0.39 is 5.97 Å². The first-order valence-electron chi connectivity index (χ1n) is 9.21. The third kappa shape index (κ3) is 4.45. The zero-order valence-electron chi connectivity index (χ0n) is 15.6. The number of hydrogen-bond donors (Lipinski definition) is 1. The standard InChI is InChI=1S/C21H23NO4S/c1-3-14-8-10-15(11-9-14)17(24)12-26-21(25)19-16-6-4-5-7-18(16)27-20(19)22-13(2)23/h8-11H,3-7,12H2,1-2H3,(H,22,23). The summed E-state index contributed by atoms with van der Waals surface area (Å²) < 4.78 is 5.31. The molecule has 0 bridgehead atoms. The molecule has 1 aliphatic carbocycles. The van der Waals surface area contributed by atoms with E-state index in [0.29, 0.717) is 16.1 Å². The largest absolute Gasteiger partial charge is 0.454 e. The summed E-state index contributed by atoms with van der Waals surface area (Å²) in [5.41, 5.74) is 3.04. The van der Waals surface area contributed by atoms with Crippen molar-refractivity contribution in [3.63, 3.8) is 0 Å². The van der Waals surface area contributed by atoms with Gasteiger partial charge in [0.15, 0.2) is 12.4 Å². The molecule has 0 fully saturated rings. The van der Waals surface area contributed by atoms with Crippen LogP contribution in [0.5, 0.6) is 0 Å². The Morgan fingerprint density at radius 1 is 1.11 bits per heavy atom. The van der Waals surface area contributed by atoms with Crippen LogP contribution >= 0.6 is 11.3 Å². The molecule has 0 radical (unpaired) electrons. The van der Waals surface area contributed by atoms with Gasteiger partial charge in [-0.25, -0.2) is 4.79 Å². The number of benzene rings is 1. The van der Waals surface area contributed by atoms with E-state index >= 15 is 0 Å². The fourth-order valence-electron chi connectivity index (χ4n) is 3.24. The second-order valence-electron chi connectivity index (χ2n) is 6.65. The summed E-state index contributed by atoms with van der Waals surface area (Å²) in [6.45, 7) is 3.15. The van der Waals surface area contributed by atoms with Gasteiger partial charge >= 0.3 is 5.97 Å². The van der Waals surface area contributed by atoms with Gasteiger partial charge < -0.3 is 10.1 Å². The third-order valence-corrected chi connectivity index (χ3v) is 5.89. The van der Waals surface area contributed by atoms with E-state index in [1.54, 1.807) is 12.1 Å². The Bertz CT molecular complexity index is 867. The number of thiophene rings is 1. The topological polar surface area (TPSA) is 72.5 Å². The predicted octanol–water partition coefficient (Wildman–Crippen LogP) is 4.19. The first-order chi connectivity index (χ1) is 13.0. The summed E-state index contributed by atoms with van der Waals surface area (Å²) in [5.74, 6) is -1.01. The highest BCUT2D eigenvalue weighted by molar-refractivity contribution is 7.17. The second kappa shape index (κ2) is 8.48. The number of amides is 1. The Kier molecular flexibility index (Phi) is 6.06. The number of anilines is 1. The molecule has 2 aromatic rings. The number of esters is 1. The molecular weight excluding hydrogens is 362 g/mol. The molecule has 0 unspecified atom stereocenters. The van der Waals surface area contributed by atoms with Crippen molar-refractivity contribution >= 4 is 34.0 Å². The number of nitrogens with one attached hydrogen (secondary N) is 1. The Morgan fingerprint density at radius 3 is 2.48 bits per heavy atom. The van der Waals surface area contributed by atoms with Crippen LogP contribution in [0.25, 0.3) is 0 Å². The lowest BCUT2D eigenvalue weighted by Gasteiger charge is -2.12. The molecule has 6 heteroatoms. The molecule has 1 heterocycles. The minimum Gasteiger partial charge on any atom is -0.454 e. The van der Waals surface area contributed by atoms with E-state index in [1.807, 2.05) is 19.1 Å². The SMILES string of the molecule is CCc1ccc(C(=O)COC(=O)c2c(NC(C)=O)sc3c2CCCC3)cc1. The average molecular weight is 385 g/mol. The summed E-state index contributed by atoms with van der Waals surface area (Å²) in [7, 11) is 0. The molecule has 0 aliphatic heterocycles. The van der Waals surface area contributed by atoms with E-state index in [0.717, 1.165) is 48.1 Å². The molecule has 0 atom stereocenters. The highest BCUT2D eigenvalue weighted by Gasteiger charge is 2.27. The van der Waals surface area contributed by atoms with Crippen LogP contribution in [0.1, 0.15) is 63.4 Å². The van der Waals surface area contributed by atoms with Crippen LogP contribution in [0.2, 0.25) is 0 Å². The third-order valence-electron chi connectivity index (χ3n) is 4.68. The fourth-order valence-corrected chi connectivity index (χ4v) is 4.57. The van der Waals surface area contributed by atoms with Gasteiger partial charge in [-0.2, -0.15) is 0 Å². The molecule has 1 N–H and O–H groups in total. The maximum absolute atomic E-state index is 12.7. The number of fused-ring (bicyclic) bond motifs is 1. The Balaban J connectivity index is 1.74. The number of ketones is 1. The minimum atomic E-state index is -0.545. The lowest BCUT2D eigenvalue weighted by molar-refractivity contribution is -0.114. The maximum atomic E-state index is 12.7. The smallest absolute Gasteiger partial charge is 0.341 e. The number of Topliss-reactive ketones (excluding diaryl/α,β-unsaturated/α-hetero) is 1. The summed E-state index contributed by atoms with van der Waals surface area (Å²) in [6, 6.07) is 7.31. The average Bonchev–Trinajstić information content (AvgIpc) is 3.03. The number of carbonyl (C=O) groups is 3. The van der Waals surface area contributed by atoms with Crippen molar-refractivity contribution in [3.05, 3.63) is 51.4 Å².